The highest BCUT2D eigenvalue weighted by atomic mass is 16.1. The van der Waals surface area contributed by atoms with E-state index < -0.39 is 0 Å². The predicted octanol–water partition coefficient (Wildman–Crippen LogP) is 3.35. The van der Waals surface area contributed by atoms with Crippen molar-refractivity contribution in [3.8, 4) is 0 Å². The van der Waals surface area contributed by atoms with Crippen molar-refractivity contribution in [2.45, 2.75) is 32.2 Å². The number of aromatic nitrogens is 2. The van der Waals surface area contributed by atoms with E-state index in [1.807, 2.05) is 12.3 Å². The standard InChI is InChI=1S/C21H22N4O/c26-11-10-25-9-7-18-17(13-25)20-19(6-8-22-21(20)24-18)23-16-5-4-14-2-1-3-15(14)12-16/h4-6,8,11-12H,1-3,7,9-10,13H2,(H2,22,23,24). The molecular weight excluding hydrogens is 324 g/mol. The van der Waals surface area contributed by atoms with Crippen molar-refractivity contribution in [3.05, 3.63) is 52.8 Å². The molecule has 3 aromatic rings. The Balaban J connectivity index is 1.54. The number of aldehydes is 1. The molecule has 5 heteroatoms. The van der Waals surface area contributed by atoms with Crippen LogP contribution < -0.4 is 5.32 Å². The number of hydrogen-bond acceptors (Lipinski definition) is 4. The average Bonchev–Trinajstić information content (AvgIpc) is 3.26. The molecule has 0 atom stereocenters. The second-order valence-corrected chi connectivity index (χ2v) is 7.28. The topological polar surface area (TPSA) is 61.0 Å². The second kappa shape index (κ2) is 6.25. The first-order valence-electron chi connectivity index (χ1n) is 9.35. The molecule has 1 aliphatic heterocycles. The van der Waals surface area contributed by atoms with Crippen molar-refractivity contribution in [1.29, 1.82) is 0 Å². The van der Waals surface area contributed by atoms with Crippen molar-refractivity contribution >= 4 is 28.7 Å². The van der Waals surface area contributed by atoms with Crippen molar-refractivity contribution in [2.24, 2.45) is 0 Å². The summed E-state index contributed by atoms with van der Waals surface area (Å²) in [5, 5.41) is 4.76. The van der Waals surface area contributed by atoms with Gasteiger partial charge in [0, 0.05) is 42.5 Å². The zero-order valence-electron chi connectivity index (χ0n) is 14.7. The van der Waals surface area contributed by atoms with Gasteiger partial charge in [0.15, 0.2) is 0 Å². The zero-order valence-corrected chi connectivity index (χ0v) is 14.7. The molecule has 5 nitrogen and oxygen atoms in total. The quantitative estimate of drug-likeness (QED) is 0.711. The Hall–Kier alpha value is -2.66. The highest BCUT2D eigenvalue weighted by molar-refractivity contribution is 5.95. The second-order valence-electron chi connectivity index (χ2n) is 7.28. The Morgan fingerprint density at radius 2 is 2.12 bits per heavy atom. The number of anilines is 2. The summed E-state index contributed by atoms with van der Waals surface area (Å²) < 4.78 is 0. The van der Waals surface area contributed by atoms with Crippen LogP contribution in [0.1, 0.15) is 28.8 Å². The Labute approximate surface area is 152 Å². The molecule has 1 aliphatic carbocycles. The van der Waals surface area contributed by atoms with Gasteiger partial charge in [-0.05, 0) is 54.2 Å². The molecule has 2 aliphatic rings. The lowest BCUT2D eigenvalue weighted by atomic mass is 10.0. The van der Waals surface area contributed by atoms with Crippen LogP contribution in [-0.2, 0) is 30.6 Å². The third kappa shape index (κ3) is 2.59. The first-order valence-corrected chi connectivity index (χ1v) is 9.35. The van der Waals surface area contributed by atoms with Gasteiger partial charge >= 0.3 is 0 Å². The smallest absolute Gasteiger partial charge is 0.139 e. The Morgan fingerprint density at radius 1 is 1.19 bits per heavy atom. The van der Waals surface area contributed by atoms with Gasteiger partial charge in [0.25, 0.3) is 0 Å². The molecule has 3 heterocycles. The number of carbonyl (C=O) groups is 1. The number of aryl methyl sites for hydroxylation is 2. The van der Waals surface area contributed by atoms with E-state index in [0.717, 1.165) is 48.2 Å². The van der Waals surface area contributed by atoms with Gasteiger partial charge in [-0.2, -0.15) is 0 Å². The van der Waals surface area contributed by atoms with E-state index >= 15 is 0 Å². The van der Waals surface area contributed by atoms with E-state index in [9.17, 15) is 4.79 Å². The summed E-state index contributed by atoms with van der Waals surface area (Å²) in [6, 6.07) is 8.75. The Kier molecular flexibility index (Phi) is 3.75. The van der Waals surface area contributed by atoms with Gasteiger partial charge in [0.05, 0.1) is 12.2 Å². The molecule has 0 saturated heterocycles. The van der Waals surface area contributed by atoms with Gasteiger partial charge in [-0.25, -0.2) is 4.98 Å². The van der Waals surface area contributed by atoms with Crippen LogP contribution in [0.3, 0.4) is 0 Å². The van der Waals surface area contributed by atoms with Gasteiger partial charge < -0.3 is 15.1 Å². The lowest BCUT2D eigenvalue weighted by molar-refractivity contribution is -0.109. The first-order chi connectivity index (χ1) is 12.8. The van der Waals surface area contributed by atoms with E-state index in [1.165, 1.54) is 41.6 Å². The summed E-state index contributed by atoms with van der Waals surface area (Å²) in [5.41, 5.74) is 8.61. The molecule has 2 N–H and O–H groups in total. The lowest BCUT2D eigenvalue weighted by Crippen LogP contribution is -2.31. The number of rotatable bonds is 4. The molecule has 5 rings (SSSR count). The molecule has 26 heavy (non-hydrogen) atoms. The number of hydrogen-bond donors (Lipinski definition) is 2. The lowest BCUT2D eigenvalue weighted by Gasteiger charge is -2.25. The minimum atomic E-state index is 0.486. The van der Waals surface area contributed by atoms with E-state index in [2.05, 4.69) is 38.4 Å². The maximum absolute atomic E-state index is 10.9. The summed E-state index contributed by atoms with van der Waals surface area (Å²) >= 11 is 0. The Morgan fingerprint density at radius 3 is 3.04 bits per heavy atom. The molecule has 1 aromatic carbocycles. The molecule has 0 saturated carbocycles. The fourth-order valence-corrected chi connectivity index (χ4v) is 4.36. The van der Waals surface area contributed by atoms with E-state index in [-0.39, 0.29) is 0 Å². The van der Waals surface area contributed by atoms with Crippen LogP contribution >= 0.6 is 0 Å². The number of carbonyl (C=O) groups excluding carboxylic acids is 1. The first kappa shape index (κ1) is 15.6. The number of benzene rings is 1. The highest BCUT2D eigenvalue weighted by Crippen LogP contribution is 2.34. The number of nitrogens with one attached hydrogen (secondary N) is 2. The third-order valence-electron chi connectivity index (χ3n) is 5.66. The number of pyridine rings is 1. The summed E-state index contributed by atoms with van der Waals surface area (Å²) in [7, 11) is 0. The van der Waals surface area contributed by atoms with Crippen molar-refractivity contribution in [1.82, 2.24) is 14.9 Å². The number of H-pyrrole nitrogens is 1. The monoisotopic (exact) mass is 346 g/mol. The highest BCUT2D eigenvalue weighted by Gasteiger charge is 2.22. The third-order valence-corrected chi connectivity index (χ3v) is 5.66. The van der Waals surface area contributed by atoms with E-state index in [4.69, 9.17) is 0 Å². The SMILES string of the molecule is O=CCN1CCc2[nH]c3nccc(Nc4ccc5c(c4)CCC5)c3c2C1. The van der Waals surface area contributed by atoms with Crippen molar-refractivity contribution in [3.63, 3.8) is 0 Å². The predicted molar refractivity (Wildman–Crippen MR) is 103 cm³/mol. The number of fused-ring (bicyclic) bond motifs is 4. The fourth-order valence-electron chi connectivity index (χ4n) is 4.36. The van der Waals surface area contributed by atoms with Crippen LogP contribution in [0, 0.1) is 0 Å². The summed E-state index contributed by atoms with van der Waals surface area (Å²) in [4.78, 5) is 21.1. The summed E-state index contributed by atoms with van der Waals surface area (Å²) in [6.45, 7) is 2.19. The van der Waals surface area contributed by atoms with Gasteiger partial charge in [0.1, 0.15) is 11.9 Å². The summed E-state index contributed by atoms with van der Waals surface area (Å²) in [5.74, 6) is 0. The number of aromatic amines is 1. The van der Waals surface area contributed by atoms with Crippen molar-refractivity contribution < 1.29 is 4.79 Å². The van der Waals surface area contributed by atoms with Crippen LogP contribution in [0.5, 0.6) is 0 Å². The summed E-state index contributed by atoms with van der Waals surface area (Å²) in [6.07, 6.45) is 7.41. The van der Waals surface area contributed by atoms with Crippen LogP contribution in [0.4, 0.5) is 11.4 Å². The van der Waals surface area contributed by atoms with Gasteiger partial charge in [0.2, 0.25) is 0 Å². The average molecular weight is 346 g/mol. The maximum atomic E-state index is 10.9. The molecule has 0 unspecified atom stereocenters. The van der Waals surface area contributed by atoms with Crippen LogP contribution in [0.25, 0.3) is 11.0 Å². The van der Waals surface area contributed by atoms with Crippen LogP contribution in [0.15, 0.2) is 30.5 Å². The van der Waals surface area contributed by atoms with Gasteiger partial charge in [-0.3, -0.25) is 4.90 Å². The molecule has 0 fully saturated rings. The minimum Gasteiger partial charge on any atom is -0.355 e. The van der Waals surface area contributed by atoms with Gasteiger partial charge in [-0.15, -0.1) is 0 Å². The zero-order chi connectivity index (χ0) is 17.5. The van der Waals surface area contributed by atoms with Crippen molar-refractivity contribution in [2.75, 3.05) is 18.4 Å². The molecule has 2 aromatic heterocycles. The normalized spacial score (nSPS) is 16.5. The van der Waals surface area contributed by atoms with E-state index in [0.29, 0.717) is 6.54 Å². The van der Waals surface area contributed by atoms with Crippen LogP contribution in [0.2, 0.25) is 0 Å². The van der Waals surface area contributed by atoms with E-state index in [1.54, 1.807) is 0 Å². The molecule has 0 amide bonds. The maximum Gasteiger partial charge on any atom is 0.139 e. The molecule has 0 radical (unpaired) electrons. The molecule has 0 bridgehead atoms. The number of nitrogens with zero attached hydrogens (tertiary/aromatic N) is 2. The Bertz CT molecular complexity index is 991. The minimum absolute atomic E-state index is 0.486. The van der Waals surface area contributed by atoms with Gasteiger partial charge in [-0.1, -0.05) is 6.07 Å². The largest absolute Gasteiger partial charge is 0.355 e. The molecular formula is C21H22N4O. The van der Waals surface area contributed by atoms with Crippen LogP contribution in [-0.4, -0.2) is 34.2 Å². The fraction of sp³-hybridized carbons (Fsp3) is 0.333. The molecule has 132 valence electrons. The molecule has 0 spiro atoms.